The number of para-hydroxylation sites is 1. The van der Waals surface area contributed by atoms with Gasteiger partial charge >= 0.3 is 0 Å². The van der Waals surface area contributed by atoms with Gasteiger partial charge in [-0.05, 0) is 37.2 Å². The molecule has 1 aromatic carbocycles. The molecule has 5 nitrogen and oxygen atoms in total. The van der Waals surface area contributed by atoms with E-state index < -0.39 is 0 Å². The Morgan fingerprint density at radius 3 is 2.90 bits per heavy atom. The molecule has 0 unspecified atom stereocenters. The molecule has 0 amide bonds. The summed E-state index contributed by atoms with van der Waals surface area (Å²) >= 11 is 0. The van der Waals surface area contributed by atoms with Crippen LogP contribution >= 0.6 is 0 Å². The minimum Gasteiger partial charge on any atom is -0.311 e. The van der Waals surface area contributed by atoms with Gasteiger partial charge in [0.05, 0.1) is 11.2 Å². The molecule has 0 radical (unpaired) electrons. The minimum atomic E-state index is 0.772. The van der Waals surface area contributed by atoms with E-state index in [2.05, 4.69) is 27.5 Å². The SMILES string of the molecule is CCCNCc1cccc(-n2nnc3ccccc32)n1. The van der Waals surface area contributed by atoms with Gasteiger partial charge in [-0.3, -0.25) is 0 Å². The lowest BCUT2D eigenvalue weighted by Crippen LogP contribution is -2.15. The van der Waals surface area contributed by atoms with Gasteiger partial charge in [-0.2, -0.15) is 4.68 Å². The molecular weight excluding hydrogens is 250 g/mol. The monoisotopic (exact) mass is 267 g/mol. The van der Waals surface area contributed by atoms with Crippen molar-refractivity contribution < 1.29 is 0 Å². The van der Waals surface area contributed by atoms with Crippen molar-refractivity contribution in [3.05, 3.63) is 48.2 Å². The third-order valence-corrected chi connectivity index (χ3v) is 3.09. The summed E-state index contributed by atoms with van der Waals surface area (Å²) in [4.78, 5) is 4.64. The van der Waals surface area contributed by atoms with Crippen LogP contribution in [0.1, 0.15) is 19.0 Å². The molecule has 1 N–H and O–H groups in total. The molecule has 0 saturated carbocycles. The molecule has 0 bridgehead atoms. The highest BCUT2D eigenvalue weighted by Crippen LogP contribution is 2.14. The van der Waals surface area contributed by atoms with E-state index in [-0.39, 0.29) is 0 Å². The number of hydrogen-bond acceptors (Lipinski definition) is 4. The lowest BCUT2D eigenvalue weighted by Gasteiger charge is -2.05. The van der Waals surface area contributed by atoms with Crippen LogP contribution in [0.5, 0.6) is 0 Å². The fourth-order valence-electron chi connectivity index (χ4n) is 2.11. The number of nitrogens with one attached hydrogen (secondary N) is 1. The molecule has 3 rings (SSSR count). The van der Waals surface area contributed by atoms with Crippen LogP contribution in [0.25, 0.3) is 16.9 Å². The predicted molar refractivity (Wildman–Crippen MR) is 78.7 cm³/mol. The maximum atomic E-state index is 4.64. The molecule has 0 aliphatic carbocycles. The predicted octanol–water partition coefficient (Wildman–Crippen LogP) is 2.32. The second kappa shape index (κ2) is 5.79. The molecule has 0 aliphatic rings. The standard InChI is InChI=1S/C15H17N5/c1-2-10-16-11-12-6-5-9-15(17-12)20-14-8-4-3-7-13(14)18-19-20/h3-9,16H,2,10-11H2,1H3. The van der Waals surface area contributed by atoms with E-state index >= 15 is 0 Å². The topological polar surface area (TPSA) is 55.6 Å². The number of aromatic nitrogens is 4. The van der Waals surface area contributed by atoms with Crippen LogP contribution in [-0.4, -0.2) is 26.5 Å². The highest BCUT2D eigenvalue weighted by Gasteiger charge is 2.07. The van der Waals surface area contributed by atoms with Crippen molar-refractivity contribution in [2.45, 2.75) is 19.9 Å². The van der Waals surface area contributed by atoms with Crippen molar-refractivity contribution in [1.82, 2.24) is 25.3 Å². The van der Waals surface area contributed by atoms with Crippen molar-refractivity contribution >= 4 is 11.0 Å². The second-order valence-electron chi connectivity index (χ2n) is 4.65. The number of benzene rings is 1. The summed E-state index contributed by atoms with van der Waals surface area (Å²) in [5.74, 6) is 0.800. The van der Waals surface area contributed by atoms with E-state index in [9.17, 15) is 0 Å². The Bertz CT molecular complexity index is 704. The van der Waals surface area contributed by atoms with Crippen LogP contribution < -0.4 is 5.32 Å². The summed E-state index contributed by atoms with van der Waals surface area (Å²) in [6.07, 6.45) is 1.12. The Hall–Kier alpha value is -2.27. The van der Waals surface area contributed by atoms with E-state index in [0.717, 1.165) is 42.1 Å². The van der Waals surface area contributed by atoms with Gasteiger partial charge in [0.1, 0.15) is 5.52 Å². The molecular formula is C15H17N5. The fraction of sp³-hybridized carbons (Fsp3) is 0.267. The van der Waals surface area contributed by atoms with Crippen LogP contribution in [0.3, 0.4) is 0 Å². The van der Waals surface area contributed by atoms with Crippen LogP contribution in [0.2, 0.25) is 0 Å². The van der Waals surface area contributed by atoms with E-state index in [1.165, 1.54) is 0 Å². The number of rotatable bonds is 5. The molecule has 3 aromatic rings. The zero-order chi connectivity index (χ0) is 13.8. The second-order valence-corrected chi connectivity index (χ2v) is 4.65. The largest absolute Gasteiger partial charge is 0.311 e. The molecule has 2 heterocycles. The third-order valence-electron chi connectivity index (χ3n) is 3.09. The number of pyridine rings is 1. The van der Waals surface area contributed by atoms with Crippen LogP contribution in [-0.2, 0) is 6.54 Å². The summed E-state index contributed by atoms with van der Waals surface area (Å²) < 4.78 is 1.78. The van der Waals surface area contributed by atoms with Gasteiger partial charge in [0.25, 0.3) is 0 Å². The number of nitrogens with zero attached hydrogens (tertiary/aromatic N) is 4. The summed E-state index contributed by atoms with van der Waals surface area (Å²) in [7, 11) is 0. The van der Waals surface area contributed by atoms with Gasteiger partial charge in [-0.25, -0.2) is 4.98 Å². The van der Waals surface area contributed by atoms with Gasteiger partial charge < -0.3 is 5.32 Å². The maximum Gasteiger partial charge on any atom is 0.156 e. The molecule has 20 heavy (non-hydrogen) atoms. The van der Waals surface area contributed by atoms with Gasteiger partial charge in [-0.15, -0.1) is 5.10 Å². The fourth-order valence-corrected chi connectivity index (χ4v) is 2.11. The van der Waals surface area contributed by atoms with Crippen molar-refractivity contribution in [3.63, 3.8) is 0 Å². The molecule has 0 fully saturated rings. The third kappa shape index (κ3) is 2.53. The maximum absolute atomic E-state index is 4.64. The molecule has 0 aliphatic heterocycles. The van der Waals surface area contributed by atoms with Crippen molar-refractivity contribution in [3.8, 4) is 5.82 Å². The van der Waals surface area contributed by atoms with Crippen molar-refractivity contribution in [2.24, 2.45) is 0 Å². The summed E-state index contributed by atoms with van der Waals surface area (Å²) in [6.45, 7) is 3.92. The van der Waals surface area contributed by atoms with Crippen LogP contribution in [0.4, 0.5) is 0 Å². The first-order chi connectivity index (χ1) is 9.88. The zero-order valence-corrected chi connectivity index (χ0v) is 11.5. The molecule has 102 valence electrons. The van der Waals surface area contributed by atoms with Crippen molar-refractivity contribution in [2.75, 3.05) is 6.54 Å². The van der Waals surface area contributed by atoms with Gasteiger partial charge in [0, 0.05) is 6.54 Å². The van der Waals surface area contributed by atoms with Crippen molar-refractivity contribution in [1.29, 1.82) is 0 Å². The molecule has 0 spiro atoms. The summed E-state index contributed by atoms with van der Waals surface area (Å²) in [5, 5.41) is 11.7. The first-order valence-corrected chi connectivity index (χ1v) is 6.86. The van der Waals surface area contributed by atoms with E-state index in [4.69, 9.17) is 0 Å². The molecule has 5 heteroatoms. The summed E-state index contributed by atoms with van der Waals surface area (Å²) in [6, 6.07) is 13.9. The average Bonchev–Trinajstić information content (AvgIpc) is 2.92. The Morgan fingerprint density at radius 2 is 2.00 bits per heavy atom. The first kappa shape index (κ1) is 12.7. The highest BCUT2D eigenvalue weighted by molar-refractivity contribution is 5.75. The lowest BCUT2D eigenvalue weighted by molar-refractivity contribution is 0.661. The quantitative estimate of drug-likeness (QED) is 0.721. The number of fused-ring (bicyclic) bond motifs is 1. The van der Waals surface area contributed by atoms with Gasteiger partial charge in [0.2, 0.25) is 0 Å². The van der Waals surface area contributed by atoms with E-state index in [1.807, 2.05) is 42.5 Å². The first-order valence-electron chi connectivity index (χ1n) is 6.86. The normalized spacial score (nSPS) is 11.1. The zero-order valence-electron chi connectivity index (χ0n) is 11.5. The highest BCUT2D eigenvalue weighted by atomic mass is 15.4. The van der Waals surface area contributed by atoms with Crippen LogP contribution in [0, 0.1) is 0 Å². The van der Waals surface area contributed by atoms with Gasteiger partial charge in [0.15, 0.2) is 5.82 Å². The van der Waals surface area contributed by atoms with Gasteiger partial charge in [-0.1, -0.05) is 30.3 Å². The lowest BCUT2D eigenvalue weighted by atomic mass is 10.3. The molecule has 2 aromatic heterocycles. The Morgan fingerprint density at radius 1 is 1.10 bits per heavy atom. The Balaban J connectivity index is 1.92. The smallest absolute Gasteiger partial charge is 0.156 e. The average molecular weight is 267 g/mol. The minimum absolute atomic E-state index is 0.772. The van der Waals surface area contributed by atoms with E-state index in [1.54, 1.807) is 4.68 Å². The Kier molecular flexibility index (Phi) is 3.69. The molecule has 0 saturated heterocycles. The van der Waals surface area contributed by atoms with Crippen LogP contribution in [0.15, 0.2) is 42.5 Å². The Labute approximate surface area is 117 Å². The molecule has 0 atom stereocenters. The summed E-state index contributed by atoms with van der Waals surface area (Å²) in [5.41, 5.74) is 2.86. The number of hydrogen-bond donors (Lipinski definition) is 1. The van der Waals surface area contributed by atoms with E-state index in [0.29, 0.717) is 0 Å².